The Balaban J connectivity index is 2.02. The molecule has 0 saturated carbocycles. The summed E-state index contributed by atoms with van der Waals surface area (Å²) in [5, 5.41) is 0.748. The Hall–Kier alpha value is -0.810. The van der Waals surface area contributed by atoms with E-state index in [1.165, 1.54) is 6.07 Å². The summed E-state index contributed by atoms with van der Waals surface area (Å²) >= 11 is 11.9. The number of aldehydes is 1. The smallest absolute Gasteiger partial charge is 0.153 e. The molecule has 0 radical (unpaired) electrons. The van der Waals surface area contributed by atoms with E-state index in [1.807, 2.05) is 0 Å². The first kappa shape index (κ1) is 15.6. The van der Waals surface area contributed by atoms with Crippen LogP contribution < -0.4 is 4.74 Å². The minimum Gasteiger partial charge on any atom is -0.489 e. The molecule has 0 N–H and O–H groups in total. The average molecular weight is 318 g/mol. The van der Waals surface area contributed by atoms with Crippen molar-refractivity contribution in [2.24, 2.45) is 0 Å². The van der Waals surface area contributed by atoms with Crippen molar-refractivity contribution in [3.8, 4) is 5.75 Å². The first-order valence-electron chi connectivity index (χ1n) is 6.55. The molecule has 1 saturated heterocycles. The van der Waals surface area contributed by atoms with Gasteiger partial charge >= 0.3 is 0 Å². The highest BCUT2D eigenvalue weighted by Crippen LogP contribution is 2.31. The maximum Gasteiger partial charge on any atom is 0.153 e. The summed E-state index contributed by atoms with van der Waals surface area (Å²) in [6.45, 7) is 5.91. The standard InChI is InChI=1S/C14H17Cl2NO3/c1-2-17-3-4-19-12(7-17)9-20-14-10(8-18)5-11(15)6-13(14)16/h5-6,8,12H,2-4,7,9H2,1H3. The number of benzene rings is 1. The van der Waals surface area contributed by atoms with Crippen LogP contribution >= 0.6 is 23.2 Å². The number of carbonyl (C=O) groups is 1. The molecule has 1 aliphatic rings. The number of halogens is 2. The van der Waals surface area contributed by atoms with Crippen LogP contribution in [0.3, 0.4) is 0 Å². The van der Waals surface area contributed by atoms with E-state index in [0.29, 0.717) is 40.9 Å². The summed E-state index contributed by atoms with van der Waals surface area (Å²) in [6.07, 6.45) is 0.669. The van der Waals surface area contributed by atoms with E-state index < -0.39 is 0 Å². The fraction of sp³-hybridized carbons (Fsp3) is 0.500. The van der Waals surface area contributed by atoms with E-state index in [4.69, 9.17) is 32.7 Å². The Morgan fingerprint density at radius 3 is 3.00 bits per heavy atom. The van der Waals surface area contributed by atoms with Crippen molar-refractivity contribution in [3.05, 3.63) is 27.7 Å². The van der Waals surface area contributed by atoms with Crippen molar-refractivity contribution in [1.29, 1.82) is 0 Å². The number of ether oxygens (including phenoxy) is 2. The first-order chi connectivity index (χ1) is 9.63. The highest BCUT2D eigenvalue weighted by molar-refractivity contribution is 6.36. The van der Waals surface area contributed by atoms with Crippen LogP contribution in [0.1, 0.15) is 17.3 Å². The van der Waals surface area contributed by atoms with Gasteiger partial charge in [0.15, 0.2) is 6.29 Å². The minimum absolute atomic E-state index is 0.0186. The predicted molar refractivity (Wildman–Crippen MR) is 79.2 cm³/mol. The van der Waals surface area contributed by atoms with Gasteiger partial charge in [-0.15, -0.1) is 0 Å². The molecule has 4 nitrogen and oxygen atoms in total. The third-order valence-electron chi connectivity index (χ3n) is 3.25. The van der Waals surface area contributed by atoms with Gasteiger partial charge in [-0.1, -0.05) is 30.1 Å². The van der Waals surface area contributed by atoms with Gasteiger partial charge in [0, 0.05) is 18.1 Å². The molecular weight excluding hydrogens is 301 g/mol. The van der Waals surface area contributed by atoms with Crippen LogP contribution in [0.2, 0.25) is 10.0 Å². The van der Waals surface area contributed by atoms with Crippen LogP contribution in [0.4, 0.5) is 0 Å². The van der Waals surface area contributed by atoms with E-state index in [1.54, 1.807) is 6.07 Å². The molecule has 1 aromatic rings. The lowest BCUT2D eigenvalue weighted by Crippen LogP contribution is -2.44. The summed E-state index contributed by atoms with van der Waals surface area (Å²) in [4.78, 5) is 13.3. The lowest BCUT2D eigenvalue weighted by molar-refractivity contribution is -0.0464. The molecule has 1 unspecified atom stereocenters. The van der Waals surface area contributed by atoms with Gasteiger partial charge in [0.05, 0.1) is 17.2 Å². The molecule has 6 heteroatoms. The zero-order valence-corrected chi connectivity index (χ0v) is 12.8. The lowest BCUT2D eigenvalue weighted by atomic mass is 10.2. The number of carbonyl (C=O) groups excluding carboxylic acids is 1. The van der Waals surface area contributed by atoms with E-state index in [2.05, 4.69) is 11.8 Å². The Labute approximate surface area is 128 Å². The monoisotopic (exact) mass is 317 g/mol. The quantitative estimate of drug-likeness (QED) is 0.783. The predicted octanol–water partition coefficient (Wildman–Crippen LogP) is 2.91. The van der Waals surface area contributed by atoms with E-state index in [-0.39, 0.29) is 6.10 Å². The molecular formula is C14H17Cl2NO3. The molecule has 0 aromatic heterocycles. The Morgan fingerprint density at radius 2 is 2.30 bits per heavy atom. The Bertz CT molecular complexity index is 482. The zero-order chi connectivity index (χ0) is 14.5. The molecule has 1 fully saturated rings. The van der Waals surface area contributed by atoms with E-state index >= 15 is 0 Å². The van der Waals surface area contributed by atoms with Gasteiger partial charge in [-0.05, 0) is 18.7 Å². The fourth-order valence-electron chi connectivity index (χ4n) is 2.16. The number of hydrogen-bond acceptors (Lipinski definition) is 4. The highest BCUT2D eigenvalue weighted by atomic mass is 35.5. The minimum atomic E-state index is -0.0186. The molecule has 20 heavy (non-hydrogen) atoms. The van der Waals surface area contributed by atoms with Crippen molar-refractivity contribution >= 4 is 29.5 Å². The van der Waals surface area contributed by atoms with Crippen LogP contribution in [0.25, 0.3) is 0 Å². The highest BCUT2D eigenvalue weighted by Gasteiger charge is 2.21. The van der Waals surface area contributed by atoms with Crippen LogP contribution in [-0.2, 0) is 4.74 Å². The zero-order valence-electron chi connectivity index (χ0n) is 11.3. The molecule has 0 amide bonds. The molecule has 0 aliphatic carbocycles. The van der Waals surface area contributed by atoms with E-state index in [0.717, 1.165) is 19.6 Å². The van der Waals surface area contributed by atoms with Gasteiger partial charge in [-0.25, -0.2) is 0 Å². The average Bonchev–Trinajstić information content (AvgIpc) is 2.45. The number of hydrogen-bond donors (Lipinski definition) is 0. The number of nitrogens with zero attached hydrogens (tertiary/aromatic N) is 1. The summed E-state index contributed by atoms with van der Waals surface area (Å²) in [5.41, 5.74) is 0.352. The molecule has 1 atom stereocenters. The molecule has 0 bridgehead atoms. The number of morpholine rings is 1. The van der Waals surface area contributed by atoms with Crippen LogP contribution in [-0.4, -0.2) is 50.1 Å². The fourth-order valence-corrected chi connectivity index (χ4v) is 2.73. The number of rotatable bonds is 5. The van der Waals surface area contributed by atoms with Crippen LogP contribution in [0.5, 0.6) is 5.75 Å². The van der Waals surface area contributed by atoms with Crippen molar-refractivity contribution < 1.29 is 14.3 Å². The van der Waals surface area contributed by atoms with Gasteiger partial charge in [-0.2, -0.15) is 0 Å². The second-order valence-corrected chi connectivity index (χ2v) is 5.46. The maximum absolute atomic E-state index is 11.0. The van der Waals surface area contributed by atoms with Crippen molar-refractivity contribution in [3.63, 3.8) is 0 Å². The normalized spacial score (nSPS) is 19.9. The second kappa shape index (κ2) is 7.27. The van der Waals surface area contributed by atoms with Crippen molar-refractivity contribution in [1.82, 2.24) is 4.90 Å². The largest absolute Gasteiger partial charge is 0.489 e. The molecule has 1 heterocycles. The Morgan fingerprint density at radius 1 is 1.50 bits per heavy atom. The summed E-state index contributed by atoms with van der Waals surface area (Å²) in [7, 11) is 0. The Kier molecular flexibility index (Phi) is 5.66. The number of likely N-dealkylation sites (N-methyl/N-ethyl adjacent to an activating group) is 1. The third-order valence-corrected chi connectivity index (χ3v) is 3.75. The SMILES string of the molecule is CCN1CCOC(COc2c(Cl)cc(Cl)cc2C=O)C1. The van der Waals surface area contributed by atoms with Gasteiger partial charge in [0.25, 0.3) is 0 Å². The summed E-state index contributed by atoms with van der Waals surface area (Å²) in [6, 6.07) is 3.10. The third kappa shape index (κ3) is 3.85. The van der Waals surface area contributed by atoms with Gasteiger partial charge in [0.1, 0.15) is 18.5 Å². The molecule has 1 aliphatic heterocycles. The van der Waals surface area contributed by atoms with Crippen LogP contribution in [0, 0.1) is 0 Å². The summed E-state index contributed by atoms with van der Waals surface area (Å²) < 4.78 is 11.3. The molecule has 1 aromatic carbocycles. The first-order valence-corrected chi connectivity index (χ1v) is 7.30. The lowest BCUT2D eigenvalue weighted by Gasteiger charge is -2.32. The van der Waals surface area contributed by atoms with Crippen molar-refractivity contribution in [2.45, 2.75) is 13.0 Å². The van der Waals surface area contributed by atoms with E-state index in [9.17, 15) is 4.79 Å². The molecule has 110 valence electrons. The van der Waals surface area contributed by atoms with Crippen LogP contribution in [0.15, 0.2) is 12.1 Å². The van der Waals surface area contributed by atoms with Gasteiger partial charge in [-0.3, -0.25) is 9.69 Å². The molecule has 0 spiro atoms. The van der Waals surface area contributed by atoms with Gasteiger partial charge in [0.2, 0.25) is 0 Å². The topological polar surface area (TPSA) is 38.8 Å². The summed E-state index contributed by atoms with van der Waals surface area (Å²) in [5.74, 6) is 0.364. The van der Waals surface area contributed by atoms with Crippen molar-refractivity contribution in [2.75, 3.05) is 32.8 Å². The second-order valence-electron chi connectivity index (χ2n) is 4.62. The maximum atomic E-state index is 11.0. The van der Waals surface area contributed by atoms with Gasteiger partial charge < -0.3 is 9.47 Å². The molecule has 2 rings (SSSR count).